The van der Waals surface area contributed by atoms with Crippen molar-refractivity contribution in [2.45, 2.75) is 32.1 Å². The number of amides is 2. The average Bonchev–Trinajstić information content (AvgIpc) is 2.95. The van der Waals surface area contributed by atoms with E-state index in [1.807, 2.05) is 28.9 Å². The summed E-state index contributed by atoms with van der Waals surface area (Å²) in [6.45, 7) is 6.15. The highest BCUT2D eigenvalue weighted by molar-refractivity contribution is 7.13. The number of rotatable bonds is 3. The van der Waals surface area contributed by atoms with Crippen LogP contribution in [0.1, 0.15) is 39.1 Å². The Morgan fingerprint density at radius 3 is 2.56 bits per heavy atom. The van der Waals surface area contributed by atoms with Gasteiger partial charge in [-0.25, -0.2) is 0 Å². The van der Waals surface area contributed by atoms with Crippen LogP contribution in [0.15, 0.2) is 16.7 Å². The average molecular weight is 386 g/mol. The second kappa shape index (κ2) is 5.89. The Bertz CT molecular complexity index is 918. The summed E-state index contributed by atoms with van der Waals surface area (Å²) in [5.74, 6) is 1.77. The van der Waals surface area contributed by atoms with E-state index in [0.29, 0.717) is 37.9 Å². The summed E-state index contributed by atoms with van der Waals surface area (Å²) < 4.78 is 5.56. The first-order chi connectivity index (χ1) is 13.0. The summed E-state index contributed by atoms with van der Waals surface area (Å²) in [5, 5.41) is 3.97. The summed E-state index contributed by atoms with van der Waals surface area (Å²) in [7, 11) is 0. The number of aromatic nitrogens is 2. The Morgan fingerprint density at radius 1 is 1.19 bits per heavy atom. The van der Waals surface area contributed by atoms with Crippen molar-refractivity contribution in [2.75, 3.05) is 26.2 Å². The van der Waals surface area contributed by atoms with Gasteiger partial charge in [-0.15, -0.1) is 11.3 Å². The van der Waals surface area contributed by atoms with E-state index in [0.717, 1.165) is 22.6 Å². The van der Waals surface area contributed by atoms with E-state index in [4.69, 9.17) is 4.52 Å². The zero-order valence-corrected chi connectivity index (χ0v) is 16.3. The molecule has 2 atom stereocenters. The normalized spacial score (nSPS) is 27.3. The molecule has 3 aliphatic rings. The first kappa shape index (κ1) is 16.9. The number of likely N-dealkylation sites (tertiary alicyclic amines) is 2. The molecule has 0 unspecified atom stereocenters. The predicted octanol–water partition coefficient (Wildman–Crippen LogP) is 2.01. The monoisotopic (exact) mass is 386 g/mol. The van der Waals surface area contributed by atoms with E-state index in [2.05, 4.69) is 10.1 Å². The SMILES string of the molecule is Cc1noc([C@]23CN(C(=O)c4ccc(C)s4)C[C@H]2CN(C(=O)C2CC2)C3)n1. The summed E-state index contributed by atoms with van der Waals surface area (Å²) in [6.07, 6.45) is 1.99. The lowest BCUT2D eigenvalue weighted by Crippen LogP contribution is -2.41. The molecule has 2 aromatic heterocycles. The molecule has 7 nitrogen and oxygen atoms in total. The van der Waals surface area contributed by atoms with E-state index in [9.17, 15) is 9.59 Å². The van der Waals surface area contributed by atoms with Gasteiger partial charge in [-0.1, -0.05) is 5.16 Å². The van der Waals surface area contributed by atoms with Crippen molar-refractivity contribution in [1.82, 2.24) is 19.9 Å². The van der Waals surface area contributed by atoms with Crippen molar-refractivity contribution in [3.05, 3.63) is 33.6 Å². The fourth-order valence-electron chi connectivity index (χ4n) is 4.48. The minimum atomic E-state index is -0.451. The molecule has 5 rings (SSSR count). The molecule has 0 bridgehead atoms. The van der Waals surface area contributed by atoms with Crippen LogP contribution >= 0.6 is 11.3 Å². The van der Waals surface area contributed by atoms with Crippen molar-refractivity contribution in [3.8, 4) is 0 Å². The van der Waals surface area contributed by atoms with Crippen molar-refractivity contribution < 1.29 is 14.1 Å². The van der Waals surface area contributed by atoms with Gasteiger partial charge in [-0.05, 0) is 38.8 Å². The molecule has 1 aliphatic carbocycles. The maximum Gasteiger partial charge on any atom is 0.263 e. The van der Waals surface area contributed by atoms with Crippen molar-refractivity contribution >= 4 is 23.2 Å². The molecule has 0 aromatic carbocycles. The van der Waals surface area contributed by atoms with Crippen LogP contribution in [0, 0.1) is 25.7 Å². The zero-order valence-electron chi connectivity index (χ0n) is 15.5. The molecule has 27 heavy (non-hydrogen) atoms. The number of fused-ring (bicyclic) bond motifs is 1. The minimum absolute atomic E-state index is 0.0539. The predicted molar refractivity (Wildman–Crippen MR) is 98.5 cm³/mol. The van der Waals surface area contributed by atoms with E-state index < -0.39 is 5.41 Å². The first-order valence-electron chi connectivity index (χ1n) is 9.41. The van der Waals surface area contributed by atoms with E-state index in [1.165, 1.54) is 11.3 Å². The molecule has 4 heterocycles. The number of carbonyl (C=O) groups excluding carboxylic acids is 2. The van der Waals surface area contributed by atoms with Crippen LogP contribution in [0.5, 0.6) is 0 Å². The molecule has 1 saturated carbocycles. The standard InChI is InChI=1S/C19H22N4O3S/c1-11-3-6-15(27-11)17(25)23-8-14-7-22(16(24)13-4-5-13)9-19(14,10-23)18-20-12(2)21-26-18/h3,6,13-14H,4-5,7-10H2,1-2H3/t14-,19-/m1/s1. The third-order valence-corrected chi connectivity index (χ3v) is 7.03. The van der Waals surface area contributed by atoms with Crippen LogP contribution in [0.2, 0.25) is 0 Å². The smallest absolute Gasteiger partial charge is 0.263 e. The van der Waals surface area contributed by atoms with Crippen LogP contribution in [-0.2, 0) is 10.2 Å². The lowest BCUT2D eigenvalue weighted by Gasteiger charge is -2.26. The molecular weight excluding hydrogens is 364 g/mol. The summed E-state index contributed by atoms with van der Waals surface area (Å²) >= 11 is 1.52. The van der Waals surface area contributed by atoms with Gasteiger partial charge in [0.15, 0.2) is 5.82 Å². The summed E-state index contributed by atoms with van der Waals surface area (Å²) in [5.41, 5.74) is -0.451. The van der Waals surface area contributed by atoms with Gasteiger partial charge in [0.25, 0.3) is 5.91 Å². The number of hydrogen-bond acceptors (Lipinski definition) is 6. The van der Waals surface area contributed by atoms with Crippen molar-refractivity contribution in [3.63, 3.8) is 0 Å². The van der Waals surface area contributed by atoms with Crippen LogP contribution in [-0.4, -0.2) is 57.9 Å². The molecule has 8 heteroatoms. The minimum Gasteiger partial charge on any atom is -0.341 e. The van der Waals surface area contributed by atoms with Crippen LogP contribution in [0.25, 0.3) is 0 Å². The van der Waals surface area contributed by atoms with Crippen molar-refractivity contribution in [1.29, 1.82) is 0 Å². The van der Waals surface area contributed by atoms with Gasteiger partial charge < -0.3 is 14.3 Å². The molecule has 2 amide bonds. The second-order valence-electron chi connectivity index (χ2n) is 8.09. The second-order valence-corrected chi connectivity index (χ2v) is 9.38. The number of hydrogen-bond donors (Lipinski definition) is 0. The zero-order chi connectivity index (χ0) is 18.8. The molecule has 0 spiro atoms. The van der Waals surface area contributed by atoms with Crippen LogP contribution < -0.4 is 0 Å². The maximum atomic E-state index is 13.0. The van der Waals surface area contributed by atoms with Gasteiger partial charge in [0, 0.05) is 42.9 Å². The van der Waals surface area contributed by atoms with Gasteiger partial charge in [-0.3, -0.25) is 9.59 Å². The van der Waals surface area contributed by atoms with E-state index in [1.54, 1.807) is 6.92 Å². The Labute approximate surface area is 161 Å². The van der Waals surface area contributed by atoms with Gasteiger partial charge in [-0.2, -0.15) is 4.98 Å². The summed E-state index contributed by atoms with van der Waals surface area (Å²) in [4.78, 5) is 35.9. The van der Waals surface area contributed by atoms with Gasteiger partial charge in [0.05, 0.1) is 10.3 Å². The van der Waals surface area contributed by atoms with Gasteiger partial charge in [0.1, 0.15) is 0 Å². The maximum absolute atomic E-state index is 13.0. The number of nitrogens with zero attached hydrogens (tertiary/aromatic N) is 4. The molecule has 0 N–H and O–H groups in total. The molecule has 0 radical (unpaired) electrons. The lowest BCUT2D eigenvalue weighted by atomic mass is 9.81. The summed E-state index contributed by atoms with van der Waals surface area (Å²) in [6, 6.07) is 3.87. The highest BCUT2D eigenvalue weighted by atomic mass is 32.1. The molecule has 142 valence electrons. The highest BCUT2D eigenvalue weighted by Gasteiger charge is 2.59. The first-order valence-corrected chi connectivity index (χ1v) is 10.2. The molecule has 2 saturated heterocycles. The van der Waals surface area contributed by atoms with Crippen LogP contribution in [0.4, 0.5) is 0 Å². The molecular formula is C19H22N4O3S. The third-order valence-electron chi connectivity index (χ3n) is 6.04. The topological polar surface area (TPSA) is 79.5 Å². The third kappa shape index (κ3) is 2.69. The number of aryl methyl sites for hydroxylation is 2. The van der Waals surface area contributed by atoms with Crippen molar-refractivity contribution in [2.24, 2.45) is 11.8 Å². The Morgan fingerprint density at radius 2 is 1.93 bits per heavy atom. The Balaban J connectivity index is 1.44. The molecule has 2 aliphatic heterocycles. The quantitative estimate of drug-likeness (QED) is 0.806. The molecule has 3 fully saturated rings. The Kier molecular flexibility index (Phi) is 3.69. The Hall–Kier alpha value is -2.22. The van der Waals surface area contributed by atoms with Crippen LogP contribution in [0.3, 0.4) is 0 Å². The number of carbonyl (C=O) groups is 2. The van der Waals surface area contributed by atoms with Gasteiger partial charge in [0.2, 0.25) is 11.8 Å². The number of thiophene rings is 1. The largest absolute Gasteiger partial charge is 0.341 e. The van der Waals surface area contributed by atoms with Gasteiger partial charge >= 0.3 is 0 Å². The fraction of sp³-hybridized carbons (Fsp3) is 0.579. The highest BCUT2D eigenvalue weighted by Crippen LogP contribution is 2.46. The van der Waals surface area contributed by atoms with E-state index >= 15 is 0 Å². The fourth-order valence-corrected chi connectivity index (χ4v) is 5.32. The van der Waals surface area contributed by atoms with E-state index in [-0.39, 0.29) is 23.7 Å². The molecule has 2 aromatic rings. The lowest BCUT2D eigenvalue weighted by molar-refractivity contribution is -0.131.